The Morgan fingerprint density at radius 3 is 2.64 bits per heavy atom. The monoisotopic (exact) mass is 444 g/mol. The fraction of sp³-hybridized carbons (Fsp3) is 0.292. The number of aromatic nitrogens is 5. The molecule has 3 aromatic heterocycles. The van der Waals surface area contributed by atoms with Gasteiger partial charge in [0.15, 0.2) is 11.5 Å². The summed E-state index contributed by atoms with van der Waals surface area (Å²) in [5.74, 6) is 1.41. The molecule has 0 radical (unpaired) electrons. The second-order valence-corrected chi connectivity index (χ2v) is 8.76. The van der Waals surface area contributed by atoms with Crippen molar-refractivity contribution >= 4 is 28.6 Å². The lowest BCUT2D eigenvalue weighted by Gasteiger charge is -2.26. The molecule has 1 aromatic carbocycles. The van der Waals surface area contributed by atoms with E-state index in [0.717, 1.165) is 33.7 Å². The molecule has 9 nitrogen and oxygen atoms in total. The number of rotatable bonds is 7. The van der Waals surface area contributed by atoms with E-state index in [9.17, 15) is 4.79 Å². The van der Waals surface area contributed by atoms with Gasteiger partial charge in [-0.15, -0.1) is 10.2 Å². The average molecular weight is 445 g/mol. The number of pyridine rings is 1. The van der Waals surface area contributed by atoms with Gasteiger partial charge in [-0.25, -0.2) is 4.98 Å². The summed E-state index contributed by atoms with van der Waals surface area (Å²) in [6, 6.07) is 13.5. The number of benzene rings is 1. The number of nitrogens with one attached hydrogen (secondary N) is 3. The third-order valence-electron chi connectivity index (χ3n) is 5.62. The van der Waals surface area contributed by atoms with Gasteiger partial charge < -0.3 is 15.5 Å². The van der Waals surface area contributed by atoms with E-state index in [1.165, 1.54) is 0 Å². The molecule has 0 aliphatic heterocycles. The van der Waals surface area contributed by atoms with E-state index in [1.54, 1.807) is 13.2 Å². The molecule has 1 amide bonds. The lowest BCUT2D eigenvalue weighted by atomic mass is 9.83. The maximum atomic E-state index is 12.0. The second-order valence-electron chi connectivity index (χ2n) is 8.76. The van der Waals surface area contributed by atoms with Crippen molar-refractivity contribution in [3.63, 3.8) is 0 Å². The summed E-state index contributed by atoms with van der Waals surface area (Å²) >= 11 is 0. The fourth-order valence-electron chi connectivity index (χ4n) is 3.59. The molecule has 9 heteroatoms. The quantitative estimate of drug-likeness (QED) is 0.401. The van der Waals surface area contributed by atoms with Crippen molar-refractivity contribution in [2.45, 2.75) is 19.3 Å². The molecule has 0 saturated carbocycles. The van der Waals surface area contributed by atoms with E-state index in [4.69, 9.17) is 0 Å². The number of carbonyl (C=O) groups is 1. The summed E-state index contributed by atoms with van der Waals surface area (Å²) in [4.78, 5) is 18.4. The van der Waals surface area contributed by atoms with Crippen LogP contribution in [0.2, 0.25) is 0 Å². The molecule has 0 unspecified atom stereocenters. The molecule has 0 bridgehead atoms. The van der Waals surface area contributed by atoms with Crippen LogP contribution < -0.4 is 15.5 Å². The van der Waals surface area contributed by atoms with Crippen LogP contribution in [0.3, 0.4) is 0 Å². The van der Waals surface area contributed by atoms with Gasteiger partial charge in [-0.05, 0) is 35.9 Å². The molecule has 0 saturated heterocycles. The van der Waals surface area contributed by atoms with Crippen LogP contribution in [0.15, 0.2) is 48.7 Å². The van der Waals surface area contributed by atoms with Gasteiger partial charge in [0.2, 0.25) is 0 Å². The number of fused-ring (bicyclic) bond motifs is 1. The maximum absolute atomic E-state index is 12.0. The molecule has 0 atom stereocenters. The Bertz CT molecular complexity index is 1280. The van der Waals surface area contributed by atoms with Crippen LogP contribution >= 0.6 is 0 Å². The van der Waals surface area contributed by atoms with Gasteiger partial charge >= 0.3 is 0 Å². The highest BCUT2D eigenvalue weighted by Gasteiger charge is 2.22. The predicted octanol–water partition coefficient (Wildman–Crippen LogP) is 3.23. The van der Waals surface area contributed by atoms with Crippen LogP contribution in [-0.4, -0.2) is 59.0 Å². The normalized spacial score (nSPS) is 11.4. The predicted molar refractivity (Wildman–Crippen MR) is 131 cm³/mol. The van der Waals surface area contributed by atoms with Gasteiger partial charge in [0, 0.05) is 50.4 Å². The van der Waals surface area contributed by atoms with Crippen LogP contribution in [0.25, 0.3) is 22.3 Å². The first kappa shape index (κ1) is 22.2. The molecule has 0 aliphatic rings. The molecule has 4 aromatic rings. The van der Waals surface area contributed by atoms with Crippen molar-refractivity contribution < 1.29 is 4.79 Å². The first-order valence-electron chi connectivity index (χ1n) is 10.7. The van der Waals surface area contributed by atoms with Gasteiger partial charge in [-0.1, -0.05) is 26.0 Å². The first-order chi connectivity index (χ1) is 15.8. The molecule has 170 valence electrons. The Balaban J connectivity index is 1.48. The van der Waals surface area contributed by atoms with Gasteiger partial charge in [0.25, 0.3) is 5.91 Å². The number of anilines is 2. The first-order valence-corrected chi connectivity index (χ1v) is 10.7. The van der Waals surface area contributed by atoms with Crippen molar-refractivity contribution in [1.29, 1.82) is 0 Å². The van der Waals surface area contributed by atoms with E-state index >= 15 is 0 Å². The van der Waals surface area contributed by atoms with Crippen LogP contribution in [0.4, 0.5) is 11.6 Å². The van der Waals surface area contributed by atoms with E-state index in [2.05, 4.69) is 49.9 Å². The highest BCUT2D eigenvalue weighted by molar-refractivity contribution is 5.94. The third kappa shape index (κ3) is 4.62. The van der Waals surface area contributed by atoms with Crippen LogP contribution in [0.5, 0.6) is 0 Å². The summed E-state index contributed by atoms with van der Waals surface area (Å²) in [7, 11) is 5.52. The Morgan fingerprint density at radius 2 is 1.94 bits per heavy atom. The van der Waals surface area contributed by atoms with E-state index < -0.39 is 0 Å². The number of nitrogens with zero attached hydrogens (tertiary/aromatic N) is 5. The van der Waals surface area contributed by atoms with Gasteiger partial charge in [-0.2, -0.15) is 5.10 Å². The number of hydrogen-bond acceptors (Lipinski definition) is 7. The minimum absolute atomic E-state index is 0.0946. The van der Waals surface area contributed by atoms with Crippen LogP contribution in [0.1, 0.15) is 29.8 Å². The Kier molecular flexibility index (Phi) is 5.95. The molecule has 0 fully saturated rings. The zero-order chi connectivity index (χ0) is 23.6. The molecular weight excluding hydrogens is 416 g/mol. The molecular formula is C24H28N8O. The lowest BCUT2D eigenvalue weighted by Crippen LogP contribution is -2.28. The van der Waals surface area contributed by atoms with Crippen molar-refractivity contribution in [2.24, 2.45) is 0 Å². The Morgan fingerprint density at radius 1 is 1.12 bits per heavy atom. The zero-order valence-electron chi connectivity index (χ0n) is 19.5. The topological polar surface area (TPSA) is 112 Å². The fourth-order valence-corrected chi connectivity index (χ4v) is 3.59. The molecule has 3 N–H and O–H groups in total. The molecule has 0 aliphatic carbocycles. The minimum atomic E-state index is -0.219. The minimum Gasteiger partial charge on any atom is -0.368 e. The van der Waals surface area contributed by atoms with E-state index in [0.29, 0.717) is 17.9 Å². The summed E-state index contributed by atoms with van der Waals surface area (Å²) in [6.45, 7) is 4.88. The summed E-state index contributed by atoms with van der Waals surface area (Å²) in [5, 5.41) is 22.9. The number of aromatic amines is 1. The third-order valence-corrected chi connectivity index (χ3v) is 5.62. The van der Waals surface area contributed by atoms with Gasteiger partial charge in [0.05, 0.1) is 11.1 Å². The largest absolute Gasteiger partial charge is 0.368 e. The Labute approximate surface area is 192 Å². The van der Waals surface area contributed by atoms with Crippen molar-refractivity contribution in [3.8, 4) is 11.3 Å². The lowest BCUT2D eigenvalue weighted by molar-refractivity contribution is 0.0963. The van der Waals surface area contributed by atoms with Crippen molar-refractivity contribution in [1.82, 2.24) is 30.7 Å². The van der Waals surface area contributed by atoms with Gasteiger partial charge in [0.1, 0.15) is 5.82 Å². The molecule has 3 heterocycles. The van der Waals surface area contributed by atoms with Crippen molar-refractivity contribution in [3.05, 3.63) is 59.8 Å². The average Bonchev–Trinajstić information content (AvgIpc) is 3.26. The summed E-state index contributed by atoms with van der Waals surface area (Å²) in [6.07, 6.45) is 1.76. The number of carbonyl (C=O) groups excluding carboxylic acids is 1. The highest BCUT2D eigenvalue weighted by Crippen LogP contribution is 2.27. The second kappa shape index (κ2) is 8.85. The molecule has 0 spiro atoms. The van der Waals surface area contributed by atoms with Crippen LogP contribution in [-0.2, 0) is 5.41 Å². The molecule has 33 heavy (non-hydrogen) atoms. The van der Waals surface area contributed by atoms with E-state index in [1.807, 2.05) is 61.5 Å². The maximum Gasteiger partial charge on any atom is 0.251 e. The zero-order valence-corrected chi connectivity index (χ0v) is 19.5. The van der Waals surface area contributed by atoms with E-state index in [-0.39, 0.29) is 11.3 Å². The van der Waals surface area contributed by atoms with Crippen LogP contribution in [0, 0.1) is 0 Å². The summed E-state index contributed by atoms with van der Waals surface area (Å²) < 4.78 is 0. The SMILES string of the molecule is CNC(=O)c1cccc(C(C)(C)CNc2ccc(-c3cnc4[nH]nc(N(C)C)c4c3)nn2)c1. The van der Waals surface area contributed by atoms with Crippen molar-refractivity contribution in [2.75, 3.05) is 37.9 Å². The number of hydrogen-bond donors (Lipinski definition) is 3. The number of H-pyrrole nitrogens is 1. The molecule has 4 rings (SSSR count). The smallest absolute Gasteiger partial charge is 0.251 e. The van der Waals surface area contributed by atoms with Gasteiger partial charge in [-0.3, -0.25) is 9.89 Å². The summed E-state index contributed by atoms with van der Waals surface area (Å²) in [5.41, 5.74) is 3.83. The number of amides is 1. The standard InChI is InChI=1S/C24H28N8O/c1-24(2,17-8-6-7-15(11-17)23(33)25-3)14-27-20-10-9-19(28-29-20)16-12-18-21(26-13-16)30-31-22(18)32(4)5/h6-13H,14H2,1-5H3,(H,25,33)(H,27,29)(H,26,30,31). The highest BCUT2D eigenvalue weighted by atomic mass is 16.1. The Hall–Kier alpha value is -4.01.